The van der Waals surface area contributed by atoms with E-state index < -0.39 is 29.5 Å². The van der Waals surface area contributed by atoms with Gasteiger partial charge in [-0.25, -0.2) is 13.2 Å². The maximum atomic E-state index is 14.0. The smallest absolute Gasteiger partial charge is 0.223 e. The lowest BCUT2D eigenvalue weighted by Crippen LogP contribution is -2.43. The molecule has 1 saturated heterocycles. The Kier molecular flexibility index (Phi) is 7.67. The van der Waals surface area contributed by atoms with Crippen molar-refractivity contribution in [3.63, 3.8) is 0 Å². The fraction of sp³-hybridized carbons (Fsp3) is 0.591. The zero-order valence-corrected chi connectivity index (χ0v) is 18.4. The van der Waals surface area contributed by atoms with E-state index in [0.29, 0.717) is 24.8 Å². The summed E-state index contributed by atoms with van der Waals surface area (Å²) in [6, 6.07) is 0.205. The summed E-state index contributed by atoms with van der Waals surface area (Å²) in [5.41, 5.74) is -0.270. The van der Waals surface area contributed by atoms with E-state index in [0.717, 1.165) is 18.9 Å². The third-order valence-electron chi connectivity index (χ3n) is 5.52. The highest BCUT2D eigenvalue weighted by Gasteiger charge is 2.35. The average Bonchev–Trinajstić information content (AvgIpc) is 3.43. The number of thioether (sulfide) groups is 1. The number of nitrogens with one attached hydrogen (secondary N) is 1. The van der Waals surface area contributed by atoms with Gasteiger partial charge >= 0.3 is 0 Å². The van der Waals surface area contributed by atoms with Crippen LogP contribution in [-0.4, -0.2) is 39.2 Å². The summed E-state index contributed by atoms with van der Waals surface area (Å²) in [7, 11) is 0. The standard InChI is InChI=1S/C22H27F3N2O3S/c1-12(2)31-22(30)18(7-13-3-4-13)26-19(28)10-16-5-6-20(29)27(16)11-14-8-15(23)9-17(24)21(14)25/h8-9,12-13,16,18H,3-7,10-11H2,1-2H3,(H,26,28). The Morgan fingerprint density at radius 2 is 1.90 bits per heavy atom. The average molecular weight is 457 g/mol. The lowest BCUT2D eigenvalue weighted by Gasteiger charge is -2.26. The minimum atomic E-state index is -1.32. The normalized spacial score (nSPS) is 19.7. The molecule has 1 aliphatic carbocycles. The van der Waals surface area contributed by atoms with Gasteiger partial charge in [0.15, 0.2) is 11.6 Å². The molecule has 0 radical (unpaired) electrons. The number of hydrogen-bond donors (Lipinski definition) is 1. The molecular formula is C22H27F3N2O3S. The number of carbonyl (C=O) groups excluding carboxylic acids is 3. The van der Waals surface area contributed by atoms with Gasteiger partial charge in [-0.3, -0.25) is 14.4 Å². The molecule has 2 atom stereocenters. The summed E-state index contributed by atoms with van der Waals surface area (Å²) in [6.07, 6.45) is 3.20. The van der Waals surface area contributed by atoms with Crippen molar-refractivity contribution >= 4 is 28.7 Å². The maximum absolute atomic E-state index is 14.0. The first-order chi connectivity index (χ1) is 14.6. The molecule has 2 fully saturated rings. The molecule has 2 aliphatic rings. The van der Waals surface area contributed by atoms with E-state index in [4.69, 9.17) is 0 Å². The van der Waals surface area contributed by atoms with Crippen molar-refractivity contribution in [2.45, 2.75) is 76.3 Å². The molecule has 1 heterocycles. The molecule has 1 aliphatic heterocycles. The zero-order valence-electron chi connectivity index (χ0n) is 17.6. The van der Waals surface area contributed by atoms with Crippen molar-refractivity contribution < 1.29 is 27.6 Å². The van der Waals surface area contributed by atoms with Gasteiger partial charge in [0.1, 0.15) is 5.82 Å². The summed E-state index contributed by atoms with van der Waals surface area (Å²) in [5, 5.41) is 2.84. The number of amides is 2. The Morgan fingerprint density at radius 3 is 2.55 bits per heavy atom. The molecule has 2 unspecified atom stereocenters. The molecule has 1 saturated carbocycles. The van der Waals surface area contributed by atoms with Gasteiger partial charge in [-0.05, 0) is 24.8 Å². The first-order valence-electron chi connectivity index (χ1n) is 10.6. The first kappa shape index (κ1) is 23.6. The minimum Gasteiger partial charge on any atom is -0.345 e. The van der Waals surface area contributed by atoms with Crippen LogP contribution >= 0.6 is 11.8 Å². The van der Waals surface area contributed by atoms with Crippen LogP contribution in [0.25, 0.3) is 0 Å². The highest BCUT2D eigenvalue weighted by molar-refractivity contribution is 8.14. The molecule has 170 valence electrons. The van der Waals surface area contributed by atoms with Gasteiger partial charge in [0.05, 0.1) is 6.04 Å². The lowest BCUT2D eigenvalue weighted by atomic mass is 10.1. The molecule has 0 aromatic heterocycles. The lowest BCUT2D eigenvalue weighted by molar-refractivity contribution is -0.131. The van der Waals surface area contributed by atoms with Crippen LogP contribution in [0.2, 0.25) is 0 Å². The van der Waals surface area contributed by atoms with E-state index in [-0.39, 0.29) is 47.1 Å². The number of carbonyl (C=O) groups is 3. The Labute approximate surface area is 184 Å². The fourth-order valence-corrected chi connectivity index (χ4v) is 4.60. The van der Waals surface area contributed by atoms with Gasteiger partial charge in [-0.15, -0.1) is 0 Å². The largest absolute Gasteiger partial charge is 0.345 e. The summed E-state index contributed by atoms with van der Waals surface area (Å²) < 4.78 is 41.1. The number of benzene rings is 1. The number of nitrogens with zero attached hydrogens (tertiary/aromatic N) is 1. The Hall–Kier alpha value is -2.03. The van der Waals surface area contributed by atoms with Crippen LogP contribution in [0.3, 0.4) is 0 Å². The van der Waals surface area contributed by atoms with Crippen LogP contribution in [0.1, 0.15) is 57.9 Å². The molecule has 0 bridgehead atoms. The zero-order chi connectivity index (χ0) is 22.7. The SMILES string of the molecule is CC(C)SC(=O)C(CC1CC1)NC(=O)CC1CCC(=O)N1Cc1cc(F)cc(F)c1F. The molecular weight excluding hydrogens is 429 g/mol. The molecule has 5 nitrogen and oxygen atoms in total. The molecule has 9 heteroatoms. The van der Waals surface area contributed by atoms with Gasteiger partial charge in [-0.1, -0.05) is 38.5 Å². The van der Waals surface area contributed by atoms with Crippen molar-refractivity contribution in [3.05, 3.63) is 35.1 Å². The molecule has 0 spiro atoms. The molecule has 1 aromatic carbocycles. The monoisotopic (exact) mass is 456 g/mol. The van der Waals surface area contributed by atoms with E-state index in [1.165, 1.54) is 16.7 Å². The van der Waals surface area contributed by atoms with Gasteiger partial charge in [0.25, 0.3) is 0 Å². The molecule has 1 aromatic rings. The van der Waals surface area contributed by atoms with Gasteiger partial charge in [-0.2, -0.15) is 0 Å². The van der Waals surface area contributed by atoms with Crippen molar-refractivity contribution in [3.8, 4) is 0 Å². The number of halogens is 3. The van der Waals surface area contributed by atoms with E-state index >= 15 is 0 Å². The second-order valence-electron chi connectivity index (χ2n) is 8.56. The maximum Gasteiger partial charge on any atom is 0.223 e. The predicted molar refractivity (Wildman–Crippen MR) is 112 cm³/mol. The third-order valence-corrected chi connectivity index (χ3v) is 6.51. The number of rotatable bonds is 9. The van der Waals surface area contributed by atoms with Gasteiger partial charge in [0.2, 0.25) is 16.9 Å². The molecule has 31 heavy (non-hydrogen) atoms. The highest BCUT2D eigenvalue weighted by Crippen LogP contribution is 2.35. The van der Waals surface area contributed by atoms with Crippen molar-refractivity contribution in [1.29, 1.82) is 0 Å². The van der Waals surface area contributed by atoms with Crippen LogP contribution in [0.15, 0.2) is 12.1 Å². The predicted octanol–water partition coefficient (Wildman–Crippen LogP) is 3.94. The van der Waals surface area contributed by atoms with E-state index in [1.807, 2.05) is 13.8 Å². The van der Waals surface area contributed by atoms with Crippen LogP contribution < -0.4 is 5.32 Å². The van der Waals surface area contributed by atoms with Crippen LogP contribution in [0.5, 0.6) is 0 Å². The van der Waals surface area contributed by atoms with E-state index in [2.05, 4.69) is 5.32 Å². The number of hydrogen-bond acceptors (Lipinski definition) is 4. The van der Waals surface area contributed by atoms with Gasteiger partial charge in [0, 0.05) is 42.3 Å². The second kappa shape index (κ2) is 10.1. The molecule has 1 N–H and O–H groups in total. The summed E-state index contributed by atoms with van der Waals surface area (Å²) in [4.78, 5) is 38.8. The Balaban J connectivity index is 1.65. The Morgan fingerprint density at radius 1 is 1.19 bits per heavy atom. The van der Waals surface area contributed by atoms with Crippen LogP contribution in [-0.2, 0) is 20.9 Å². The van der Waals surface area contributed by atoms with Crippen LogP contribution in [0.4, 0.5) is 13.2 Å². The summed E-state index contributed by atoms with van der Waals surface area (Å²) in [5.74, 6) is -3.68. The van der Waals surface area contributed by atoms with Crippen LogP contribution in [0, 0.1) is 23.4 Å². The first-order valence-corrected chi connectivity index (χ1v) is 11.4. The van der Waals surface area contributed by atoms with E-state index in [9.17, 15) is 27.6 Å². The van der Waals surface area contributed by atoms with Crippen molar-refractivity contribution in [2.24, 2.45) is 5.92 Å². The fourth-order valence-electron chi connectivity index (χ4n) is 3.81. The van der Waals surface area contributed by atoms with Gasteiger partial charge < -0.3 is 10.2 Å². The topological polar surface area (TPSA) is 66.5 Å². The molecule has 2 amide bonds. The third kappa shape index (κ3) is 6.48. The minimum absolute atomic E-state index is 0.0497. The van der Waals surface area contributed by atoms with Crippen molar-refractivity contribution in [1.82, 2.24) is 10.2 Å². The highest BCUT2D eigenvalue weighted by atomic mass is 32.2. The molecule has 3 rings (SSSR count). The number of likely N-dealkylation sites (tertiary alicyclic amines) is 1. The summed E-state index contributed by atoms with van der Waals surface area (Å²) >= 11 is 1.19. The van der Waals surface area contributed by atoms with Crippen molar-refractivity contribution in [2.75, 3.05) is 0 Å². The summed E-state index contributed by atoms with van der Waals surface area (Å²) in [6.45, 7) is 3.51. The second-order valence-corrected chi connectivity index (χ2v) is 10.1. The Bertz CT molecular complexity index is 861. The van der Waals surface area contributed by atoms with E-state index in [1.54, 1.807) is 0 Å². The quantitative estimate of drug-likeness (QED) is 0.572.